The Morgan fingerprint density at radius 3 is 2.67 bits per heavy atom. The van der Waals surface area contributed by atoms with Crippen LogP contribution in [0.3, 0.4) is 0 Å². The highest BCUT2D eigenvalue weighted by molar-refractivity contribution is 5.86. The number of rotatable bonds is 6. The van der Waals surface area contributed by atoms with E-state index in [-0.39, 0.29) is 12.0 Å². The minimum Gasteiger partial charge on any atom is -0.497 e. The second kappa shape index (κ2) is 8.63. The van der Waals surface area contributed by atoms with Gasteiger partial charge >= 0.3 is 6.09 Å². The van der Waals surface area contributed by atoms with E-state index < -0.39 is 5.41 Å². The smallest absolute Gasteiger partial charge is 0.409 e. The van der Waals surface area contributed by atoms with Gasteiger partial charge in [-0.1, -0.05) is 25.5 Å². The van der Waals surface area contributed by atoms with Gasteiger partial charge in [0.05, 0.1) is 19.1 Å². The molecule has 148 valence electrons. The van der Waals surface area contributed by atoms with Crippen molar-refractivity contribution in [1.29, 1.82) is 0 Å². The molecule has 0 saturated carbocycles. The number of unbranched alkanes of at least 4 members (excludes halogenated alkanes) is 1. The zero-order valence-electron chi connectivity index (χ0n) is 16.4. The summed E-state index contributed by atoms with van der Waals surface area (Å²) in [6.45, 7) is 5.03. The van der Waals surface area contributed by atoms with Crippen LogP contribution in [0.15, 0.2) is 24.3 Å². The lowest BCUT2D eigenvalue weighted by molar-refractivity contribution is -0.138. The Kier molecular flexibility index (Phi) is 6.24. The molecule has 1 aromatic carbocycles. The number of carbonyl (C=O) groups excluding carboxylic acids is 2. The van der Waals surface area contributed by atoms with Crippen molar-refractivity contribution in [2.24, 2.45) is 5.41 Å². The lowest BCUT2D eigenvalue weighted by atomic mass is 9.78. The SMILES string of the molecule is CCCCOC(=O)N1CCCC2(CCN(Cc3ccc(OC)cc3)C2=O)C1. The molecule has 2 aliphatic heterocycles. The van der Waals surface area contributed by atoms with Crippen molar-refractivity contribution in [2.75, 3.05) is 33.4 Å². The van der Waals surface area contributed by atoms with E-state index in [1.165, 1.54) is 0 Å². The van der Waals surface area contributed by atoms with Gasteiger partial charge in [-0.05, 0) is 43.4 Å². The molecule has 1 unspecified atom stereocenters. The Bertz CT molecular complexity index is 661. The summed E-state index contributed by atoms with van der Waals surface area (Å²) in [4.78, 5) is 29.1. The van der Waals surface area contributed by atoms with Gasteiger partial charge in [0.15, 0.2) is 0 Å². The molecule has 2 amide bonds. The summed E-state index contributed by atoms with van der Waals surface area (Å²) in [6.07, 6.45) is 4.11. The molecule has 2 fully saturated rings. The van der Waals surface area contributed by atoms with Crippen LogP contribution in [-0.4, -0.2) is 55.2 Å². The van der Waals surface area contributed by atoms with Gasteiger partial charge in [0.25, 0.3) is 0 Å². The van der Waals surface area contributed by atoms with Gasteiger partial charge < -0.3 is 19.3 Å². The Labute approximate surface area is 161 Å². The summed E-state index contributed by atoms with van der Waals surface area (Å²) in [5.74, 6) is 0.983. The molecule has 1 spiro atoms. The monoisotopic (exact) mass is 374 g/mol. The minimum absolute atomic E-state index is 0.171. The topological polar surface area (TPSA) is 59.1 Å². The Balaban J connectivity index is 1.61. The normalized spacial score (nSPS) is 22.4. The third kappa shape index (κ3) is 4.37. The number of hydrogen-bond acceptors (Lipinski definition) is 4. The molecule has 0 aromatic heterocycles. The molecule has 0 N–H and O–H groups in total. The number of carbonyl (C=O) groups is 2. The number of benzene rings is 1. The molecule has 6 heteroatoms. The van der Waals surface area contributed by atoms with Crippen LogP contribution in [0, 0.1) is 5.41 Å². The van der Waals surface area contributed by atoms with Gasteiger partial charge in [-0.25, -0.2) is 4.79 Å². The maximum absolute atomic E-state index is 13.2. The molecule has 2 heterocycles. The molecule has 0 bridgehead atoms. The lowest BCUT2D eigenvalue weighted by Crippen LogP contribution is -2.50. The van der Waals surface area contributed by atoms with Gasteiger partial charge in [-0.15, -0.1) is 0 Å². The van der Waals surface area contributed by atoms with E-state index in [9.17, 15) is 9.59 Å². The van der Waals surface area contributed by atoms with Crippen molar-refractivity contribution in [2.45, 2.75) is 45.6 Å². The summed E-state index contributed by atoms with van der Waals surface area (Å²) in [6, 6.07) is 7.82. The molecular weight excluding hydrogens is 344 g/mol. The van der Waals surface area contributed by atoms with Crippen molar-refractivity contribution in [1.82, 2.24) is 9.80 Å². The highest BCUT2D eigenvalue weighted by Gasteiger charge is 2.49. The average molecular weight is 374 g/mol. The number of ether oxygens (including phenoxy) is 2. The number of likely N-dealkylation sites (tertiary alicyclic amines) is 2. The number of methoxy groups -OCH3 is 1. The van der Waals surface area contributed by atoms with Crippen LogP contribution in [0.25, 0.3) is 0 Å². The quantitative estimate of drug-likeness (QED) is 0.716. The highest BCUT2D eigenvalue weighted by Crippen LogP contribution is 2.40. The molecule has 1 atom stereocenters. The first-order valence-electron chi connectivity index (χ1n) is 9.92. The van der Waals surface area contributed by atoms with Crippen molar-refractivity contribution < 1.29 is 19.1 Å². The molecule has 6 nitrogen and oxygen atoms in total. The summed E-state index contributed by atoms with van der Waals surface area (Å²) in [5, 5.41) is 0. The van der Waals surface area contributed by atoms with Crippen LogP contribution in [0.2, 0.25) is 0 Å². The molecule has 0 aliphatic carbocycles. The van der Waals surface area contributed by atoms with Gasteiger partial charge in [-0.2, -0.15) is 0 Å². The third-order valence-electron chi connectivity index (χ3n) is 5.69. The maximum Gasteiger partial charge on any atom is 0.409 e. The van der Waals surface area contributed by atoms with Crippen LogP contribution in [-0.2, 0) is 16.1 Å². The molecule has 2 aliphatic rings. The van der Waals surface area contributed by atoms with Crippen LogP contribution < -0.4 is 4.74 Å². The summed E-state index contributed by atoms with van der Waals surface area (Å²) >= 11 is 0. The van der Waals surface area contributed by atoms with Crippen molar-refractivity contribution in [3.63, 3.8) is 0 Å². The first-order chi connectivity index (χ1) is 13.1. The standard InChI is InChI=1S/C21H30N2O4/c1-3-4-14-27-20(25)23-12-5-10-21(16-23)11-13-22(19(21)24)15-17-6-8-18(26-2)9-7-17/h6-9H,3-5,10-16H2,1-2H3. The van der Waals surface area contributed by atoms with E-state index in [4.69, 9.17) is 9.47 Å². The van der Waals surface area contributed by atoms with E-state index in [1.54, 1.807) is 12.0 Å². The fraction of sp³-hybridized carbons (Fsp3) is 0.619. The predicted octanol–water partition coefficient (Wildman–Crippen LogP) is 3.45. The van der Waals surface area contributed by atoms with E-state index in [2.05, 4.69) is 6.92 Å². The molecular formula is C21H30N2O4. The average Bonchev–Trinajstić information content (AvgIpc) is 2.98. The van der Waals surface area contributed by atoms with Crippen LogP contribution in [0.1, 0.15) is 44.6 Å². The summed E-state index contributed by atoms with van der Waals surface area (Å²) in [5.41, 5.74) is 0.655. The Morgan fingerprint density at radius 1 is 1.19 bits per heavy atom. The fourth-order valence-electron chi connectivity index (χ4n) is 4.06. The van der Waals surface area contributed by atoms with Gasteiger partial charge in [-0.3, -0.25) is 4.79 Å². The van der Waals surface area contributed by atoms with Gasteiger partial charge in [0.2, 0.25) is 5.91 Å². The number of hydrogen-bond donors (Lipinski definition) is 0. The minimum atomic E-state index is -0.436. The van der Waals surface area contributed by atoms with Crippen LogP contribution in [0.5, 0.6) is 5.75 Å². The van der Waals surface area contributed by atoms with Gasteiger partial charge in [0, 0.05) is 26.2 Å². The lowest BCUT2D eigenvalue weighted by Gasteiger charge is -2.38. The number of nitrogens with zero attached hydrogens (tertiary/aromatic N) is 2. The molecule has 1 aromatic rings. The zero-order valence-corrected chi connectivity index (χ0v) is 16.4. The largest absolute Gasteiger partial charge is 0.497 e. The fourth-order valence-corrected chi connectivity index (χ4v) is 4.06. The predicted molar refractivity (Wildman–Crippen MR) is 103 cm³/mol. The molecule has 27 heavy (non-hydrogen) atoms. The zero-order chi connectivity index (χ0) is 19.3. The second-order valence-electron chi connectivity index (χ2n) is 7.60. The second-order valence-corrected chi connectivity index (χ2v) is 7.60. The van der Waals surface area contributed by atoms with Crippen LogP contribution >= 0.6 is 0 Å². The van der Waals surface area contributed by atoms with E-state index in [1.807, 2.05) is 29.2 Å². The molecule has 2 saturated heterocycles. The van der Waals surface area contributed by atoms with Crippen LogP contribution in [0.4, 0.5) is 4.79 Å². The van der Waals surface area contributed by atoms with Crippen molar-refractivity contribution >= 4 is 12.0 Å². The maximum atomic E-state index is 13.2. The number of amides is 2. The van der Waals surface area contributed by atoms with E-state index in [0.29, 0.717) is 26.2 Å². The summed E-state index contributed by atoms with van der Waals surface area (Å²) in [7, 11) is 1.64. The number of piperidine rings is 1. The first kappa shape index (κ1) is 19.5. The van der Waals surface area contributed by atoms with E-state index >= 15 is 0 Å². The highest BCUT2D eigenvalue weighted by atomic mass is 16.6. The van der Waals surface area contributed by atoms with E-state index in [0.717, 1.165) is 50.0 Å². The molecule has 0 radical (unpaired) electrons. The molecule has 3 rings (SSSR count). The first-order valence-corrected chi connectivity index (χ1v) is 9.92. The Morgan fingerprint density at radius 2 is 1.96 bits per heavy atom. The van der Waals surface area contributed by atoms with Crippen molar-refractivity contribution in [3.8, 4) is 5.75 Å². The summed E-state index contributed by atoms with van der Waals surface area (Å²) < 4.78 is 10.5. The Hall–Kier alpha value is -2.24. The van der Waals surface area contributed by atoms with Crippen molar-refractivity contribution in [3.05, 3.63) is 29.8 Å². The van der Waals surface area contributed by atoms with Gasteiger partial charge in [0.1, 0.15) is 5.75 Å². The third-order valence-corrected chi connectivity index (χ3v) is 5.69.